The fourth-order valence-corrected chi connectivity index (χ4v) is 2.53. The van der Waals surface area contributed by atoms with E-state index in [1.54, 1.807) is 0 Å². The molecule has 0 radical (unpaired) electrons. The van der Waals surface area contributed by atoms with Gasteiger partial charge < -0.3 is 4.90 Å². The Labute approximate surface area is 132 Å². The van der Waals surface area contributed by atoms with Crippen molar-refractivity contribution in [1.82, 2.24) is 0 Å². The number of halogens is 1. The molecule has 0 heterocycles. The summed E-state index contributed by atoms with van der Waals surface area (Å²) in [5, 5.41) is 0. The van der Waals surface area contributed by atoms with Crippen molar-refractivity contribution in [3.05, 3.63) is 35.9 Å². The van der Waals surface area contributed by atoms with Crippen LogP contribution in [0.5, 0.6) is 0 Å². The largest absolute Gasteiger partial charge is 0.378 e. The molecule has 0 aromatic heterocycles. The van der Waals surface area contributed by atoms with Crippen LogP contribution in [0.4, 0.5) is 5.69 Å². The Kier molecular flexibility index (Phi) is 8.97. The lowest BCUT2D eigenvalue weighted by molar-refractivity contribution is 0.642. The van der Waals surface area contributed by atoms with Crippen LogP contribution in [-0.2, 0) is 0 Å². The molecule has 0 aliphatic heterocycles. The first kappa shape index (κ1) is 16.5. The summed E-state index contributed by atoms with van der Waals surface area (Å²) in [6.07, 6.45) is 12.6. The Morgan fingerprint density at radius 2 is 1.58 bits per heavy atom. The third-order valence-corrected chi connectivity index (χ3v) is 3.99. The summed E-state index contributed by atoms with van der Waals surface area (Å²) in [5.74, 6) is 0. The van der Waals surface area contributed by atoms with Crippen LogP contribution in [0.15, 0.2) is 30.3 Å². The van der Waals surface area contributed by atoms with Gasteiger partial charge in [-0.05, 0) is 41.4 Å². The van der Waals surface area contributed by atoms with Gasteiger partial charge in [0.2, 0.25) is 0 Å². The molecule has 0 aliphatic rings. The predicted molar refractivity (Wildman–Crippen MR) is 96.4 cm³/mol. The topological polar surface area (TPSA) is 3.24 Å². The smallest absolute Gasteiger partial charge is 0.0361 e. The van der Waals surface area contributed by atoms with Crippen molar-refractivity contribution in [2.45, 2.75) is 38.5 Å². The minimum absolute atomic E-state index is 1.21. The standard InChI is InChI=1S/C17H26IN/c1-19(2)17-13-11-16(12-14-17)10-8-6-4-3-5-7-9-15-18/h8,10-14H,3-7,9,15H2,1-2H3. The molecule has 2 heteroatoms. The third kappa shape index (κ3) is 7.61. The summed E-state index contributed by atoms with van der Waals surface area (Å²) in [7, 11) is 4.14. The maximum absolute atomic E-state index is 2.46. The summed E-state index contributed by atoms with van der Waals surface area (Å²) < 4.78 is 1.31. The minimum atomic E-state index is 1.21. The molecule has 19 heavy (non-hydrogen) atoms. The first-order valence-corrected chi connectivity index (χ1v) is 8.76. The van der Waals surface area contributed by atoms with Crippen LogP contribution < -0.4 is 4.90 Å². The fourth-order valence-electron chi connectivity index (χ4n) is 1.99. The van der Waals surface area contributed by atoms with E-state index >= 15 is 0 Å². The Morgan fingerprint density at radius 1 is 0.947 bits per heavy atom. The van der Waals surface area contributed by atoms with E-state index < -0.39 is 0 Å². The number of benzene rings is 1. The van der Waals surface area contributed by atoms with E-state index in [9.17, 15) is 0 Å². The lowest BCUT2D eigenvalue weighted by Crippen LogP contribution is -2.07. The SMILES string of the molecule is CN(C)c1ccc(C=CCCCCCCCI)cc1. The van der Waals surface area contributed by atoms with Gasteiger partial charge in [-0.2, -0.15) is 0 Å². The molecule has 0 saturated heterocycles. The summed E-state index contributed by atoms with van der Waals surface area (Å²) in [6, 6.07) is 8.71. The molecule has 0 unspecified atom stereocenters. The van der Waals surface area contributed by atoms with Gasteiger partial charge in [-0.15, -0.1) is 0 Å². The van der Waals surface area contributed by atoms with Crippen LogP contribution in [0.1, 0.15) is 44.1 Å². The quantitative estimate of drug-likeness (QED) is 0.313. The van der Waals surface area contributed by atoms with Crippen molar-refractivity contribution < 1.29 is 0 Å². The van der Waals surface area contributed by atoms with E-state index in [2.05, 4.69) is 78.0 Å². The van der Waals surface area contributed by atoms with Gasteiger partial charge in [0.05, 0.1) is 0 Å². The molecule has 0 spiro atoms. The number of anilines is 1. The van der Waals surface area contributed by atoms with Crippen molar-refractivity contribution in [3.63, 3.8) is 0 Å². The first-order valence-electron chi connectivity index (χ1n) is 7.24. The number of rotatable bonds is 9. The van der Waals surface area contributed by atoms with Gasteiger partial charge in [-0.1, -0.05) is 66.1 Å². The summed E-state index contributed by atoms with van der Waals surface area (Å²) >= 11 is 2.46. The summed E-state index contributed by atoms with van der Waals surface area (Å²) in [4.78, 5) is 2.13. The van der Waals surface area contributed by atoms with Crippen LogP contribution in [0, 0.1) is 0 Å². The zero-order valence-corrected chi connectivity index (χ0v) is 14.4. The predicted octanol–water partition coefficient (Wildman–Crippen LogP) is 5.54. The molecule has 0 atom stereocenters. The molecular weight excluding hydrogens is 345 g/mol. The number of nitrogens with zero attached hydrogens (tertiary/aromatic N) is 1. The molecule has 1 rings (SSSR count). The van der Waals surface area contributed by atoms with E-state index in [0.717, 1.165) is 0 Å². The second-order valence-corrected chi connectivity index (χ2v) is 6.21. The number of unbranched alkanes of at least 4 members (excludes halogenated alkanes) is 5. The normalized spacial score (nSPS) is 11.1. The maximum atomic E-state index is 2.46. The maximum Gasteiger partial charge on any atom is 0.0361 e. The van der Waals surface area contributed by atoms with E-state index in [0.29, 0.717) is 0 Å². The van der Waals surface area contributed by atoms with Crippen molar-refractivity contribution in [1.29, 1.82) is 0 Å². The number of alkyl halides is 1. The Balaban J connectivity index is 2.18. The molecule has 106 valence electrons. The Morgan fingerprint density at radius 3 is 2.21 bits per heavy atom. The molecule has 0 aliphatic carbocycles. The lowest BCUT2D eigenvalue weighted by atomic mass is 10.1. The van der Waals surface area contributed by atoms with E-state index in [1.807, 2.05) is 0 Å². The number of hydrogen-bond acceptors (Lipinski definition) is 1. The molecule has 1 aromatic rings. The Hall–Kier alpha value is -0.510. The highest BCUT2D eigenvalue weighted by Crippen LogP contribution is 2.14. The van der Waals surface area contributed by atoms with E-state index in [4.69, 9.17) is 0 Å². The van der Waals surface area contributed by atoms with Crippen LogP contribution in [0.2, 0.25) is 0 Å². The average Bonchev–Trinajstić information content (AvgIpc) is 2.42. The zero-order valence-electron chi connectivity index (χ0n) is 12.2. The highest BCUT2D eigenvalue weighted by Gasteiger charge is 1.93. The molecule has 0 bridgehead atoms. The van der Waals surface area contributed by atoms with Gasteiger partial charge in [0.1, 0.15) is 0 Å². The van der Waals surface area contributed by atoms with Crippen LogP contribution in [0.25, 0.3) is 6.08 Å². The molecule has 0 amide bonds. The van der Waals surface area contributed by atoms with Crippen molar-refractivity contribution >= 4 is 34.4 Å². The summed E-state index contributed by atoms with van der Waals surface area (Å²) in [5.41, 5.74) is 2.56. The van der Waals surface area contributed by atoms with Crippen LogP contribution in [0.3, 0.4) is 0 Å². The average molecular weight is 371 g/mol. The second kappa shape index (κ2) is 10.3. The van der Waals surface area contributed by atoms with Gasteiger partial charge in [0.15, 0.2) is 0 Å². The molecule has 1 nitrogen and oxygen atoms in total. The monoisotopic (exact) mass is 371 g/mol. The first-order chi connectivity index (χ1) is 9.24. The minimum Gasteiger partial charge on any atom is -0.378 e. The second-order valence-electron chi connectivity index (χ2n) is 5.13. The molecule has 0 fully saturated rings. The fraction of sp³-hybridized carbons (Fsp3) is 0.529. The zero-order chi connectivity index (χ0) is 13.9. The van der Waals surface area contributed by atoms with Crippen LogP contribution in [-0.4, -0.2) is 18.5 Å². The molecule has 0 saturated carbocycles. The summed E-state index contributed by atoms with van der Waals surface area (Å²) in [6.45, 7) is 0. The number of allylic oxidation sites excluding steroid dienone is 1. The van der Waals surface area contributed by atoms with Gasteiger partial charge in [-0.3, -0.25) is 0 Å². The van der Waals surface area contributed by atoms with E-state index in [-0.39, 0.29) is 0 Å². The Bertz CT molecular complexity index is 354. The lowest BCUT2D eigenvalue weighted by Gasteiger charge is -2.11. The van der Waals surface area contributed by atoms with Gasteiger partial charge in [-0.25, -0.2) is 0 Å². The van der Waals surface area contributed by atoms with Crippen molar-refractivity contribution in [2.75, 3.05) is 23.4 Å². The van der Waals surface area contributed by atoms with Gasteiger partial charge in [0, 0.05) is 19.8 Å². The van der Waals surface area contributed by atoms with Crippen LogP contribution >= 0.6 is 22.6 Å². The van der Waals surface area contributed by atoms with E-state index in [1.165, 1.54) is 54.2 Å². The van der Waals surface area contributed by atoms with Crippen molar-refractivity contribution in [3.8, 4) is 0 Å². The molecule has 0 N–H and O–H groups in total. The molecular formula is C17H26IN. The highest BCUT2D eigenvalue weighted by molar-refractivity contribution is 14.1. The van der Waals surface area contributed by atoms with Crippen molar-refractivity contribution in [2.24, 2.45) is 0 Å². The van der Waals surface area contributed by atoms with Gasteiger partial charge in [0.25, 0.3) is 0 Å². The highest BCUT2D eigenvalue weighted by atomic mass is 127. The number of hydrogen-bond donors (Lipinski definition) is 0. The van der Waals surface area contributed by atoms with Gasteiger partial charge >= 0.3 is 0 Å². The third-order valence-electron chi connectivity index (χ3n) is 3.22. The molecule has 1 aromatic carbocycles.